The number of methoxy groups -OCH3 is 1. The third-order valence-electron chi connectivity index (χ3n) is 6.43. The van der Waals surface area contributed by atoms with Crippen LogP contribution >= 0.6 is 23.2 Å². The van der Waals surface area contributed by atoms with E-state index in [-0.39, 0.29) is 12.5 Å². The molecule has 36 heavy (non-hydrogen) atoms. The van der Waals surface area contributed by atoms with E-state index in [0.717, 1.165) is 16.8 Å². The summed E-state index contributed by atoms with van der Waals surface area (Å²) in [6.45, 7) is 5.01. The first-order valence-corrected chi connectivity index (χ1v) is 14.0. The predicted molar refractivity (Wildman–Crippen MR) is 142 cm³/mol. The summed E-state index contributed by atoms with van der Waals surface area (Å²) >= 11 is 12.7. The molecular formula is C24H29Cl2N5O4S. The van der Waals surface area contributed by atoms with Crippen LogP contribution in [0.4, 0.5) is 5.69 Å². The van der Waals surface area contributed by atoms with Gasteiger partial charge in [-0.15, -0.1) is 0 Å². The zero-order valence-electron chi connectivity index (χ0n) is 20.7. The molecule has 1 fully saturated rings. The first kappa shape index (κ1) is 26.7. The molecule has 0 aliphatic carbocycles. The summed E-state index contributed by atoms with van der Waals surface area (Å²) in [6, 6.07) is 7.16. The Morgan fingerprint density at radius 2 is 1.86 bits per heavy atom. The lowest BCUT2D eigenvalue weighted by Gasteiger charge is -2.34. The van der Waals surface area contributed by atoms with Gasteiger partial charge in [0.15, 0.2) is 0 Å². The van der Waals surface area contributed by atoms with Gasteiger partial charge in [-0.25, -0.2) is 13.4 Å². The number of carbonyl (C=O) groups excluding carboxylic acids is 1. The van der Waals surface area contributed by atoms with Gasteiger partial charge in [-0.05, 0) is 36.8 Å². The summed E-state index contributed by atoms with van der Waals surface area (Å²) in [4.78, 5) is 21.1. The molecule has 1 amide bonds. The number of amides is 1. The summed E-state index contributed by atoms with van der Waals surface area (Å²) in [7, 11) is -0.409. The second kappa shape index (κ2) is 10.5. The van der Waals surface area contributed by atoms with E-state index >= 15 is 0 Å². The molecule has 2 aromatic heterocycles. The number of ether oxygens (including phenoxy) is 1. The Hall–Kier alpha value is -2.37. The maximum atomic E-state index is 12.3. The number of sulfonamides is 1. The Morgan fingerprint density at radius 1 is 1.17 bits per heavy atom. The smallest absolute Gasteiger partial charge is 0.248 e. The molecule has 0 N–H and O–H groups in total. The molecule has 12 heteroatoms. The van der Waals surface area contributed by atoms with Crippen molar-refractivity contribution >= 4 is 50.5 Å². The molecule has 0 radical (unpaired) electrons. The van der Waals surface area contributed by atoms with E-state index < -0.39 is 10.0 Å². The van der Waals surface area contributed by atoms with Gasteiger partial charge in [-0.1, -0.05) is 23.2 Å². The summed E-state index contributed by atoms with van der Waals surface area (Å²) in [5.41, 5.74) is 4.34. The Kier molecular flexibility index (Phi) is 7.82. The van der Waals surface area contributed by atoms with Crippen molar-refractivity contribution in [3.05, 3.63) is 51.8 Å². The van der Waals surface area contributed by atoms with E-state index in [4.69, 9.17) is 32.9 Å². The predicted octanol–water partition coefficient (Wildman–Crippen LogP) is 3.30. The van der Waals surface area contributed by atoms with Crippen molar-refractivity contribution in [2.24, 2.45) is 0 Å². The quantitative estimate of drug-likeness (QED) is 0.446. The lowest BCUT2D eigenvalue weighted by atomic mass is 10.1. The van der Waals surface area contributed by atoms with Gasteiger partial charge in [-0.3, -0.25) is 18.4 Å². The van der Waals surface area contributed by atoms with Crippen molar-refractivity contribution in [2.75, 3.05) is 57.5 Å². The first-order valence-electron chi connectivity index (χ1n) is 11.4. The Labute approximate surface area is 221 Å². The molecule has 0 atom stereocenters. The van der Waals surface area contributed by atoms with Gasteiger partial charge >= 0.3 is 0 Å². The lowest BCUT2D eigenvalue weighted by Crippen LogP contribution is -2.49. The van der Waals surface area contributed by atoms with E-state index in [1.807, 2.05) is 23.5 Å². The molecule has 0 spiro atoms. The van der Waals surface area contributed by atoms with Gasteiger partial charge in [-0.2, -0.15) is 0 Å². The molecule has 9 nitrogen and oxygen atoms in total. The normalized spacial score (nSPS) is 15.0. The minimum atomic E-state index is -3.46. The molecule has 3 aromatic rings. The topological polar surface area (TPSA) is 87.5 Å². The fraction of sp³-hybridized carbons (Fsp3) is 0.417. The standard InChI is InChI=1S/C24H29Cl2N5O4S/c1-16-11-22-27-24(18-6-5-17(25)12-19(18)26)21(31(22)14-20(16)28(2)36(4,33)34)13-29-7-9-30(10-8-29)23(32)15-35-3/h5-6,11-12,14H,7-10,13,15H2,1-4H3. The van der Waals surface area contributed by atoms with Crippen LogP contribution in [0, 0.1) is 6.92 Å². The average molecular weight is 554 g/mol. The van der Waals surface area contributed by atoms with Gasteiger partial charge in [0.1, 0.15) is 12.3 Å². The van der Waals surface area contributed by atoms with Gasteiger partial charge in [0.05, 0.1) is 28.4 Å². The van der Waals surface area contributed by atoms with Crippen LogP contribution in [0.1, 0.15) is 11.3 Å². The fourth-order valence-corrected chi connectivity index (χ4v) is 5.41. The molecule has 3 heterocycles. The Bertz CT molecular complexity index is 1400. The second-order valence-corrected chi connectivity index (χ2v) is 11.8. The van der Waals surface area contributed by atoms with Gasteiger partial charge in [0.2, 0.25) is 15.9 Å². The SMILES string of the molecule is COCC(=O)N1CCN(Cc2c(-c3ccc(Cl)cc3Cl)nc3cc(C)c(N(C)S(C)(=O)=O)cn23)CC1. The maximum Gasteiger partial charge on any atom is 0.248 e. The summed E-state index contributed by atoms with van der Waals surface area (Å²) in [5.74, 6) is -0.0236. The minimum Gasteiger partial charge on any atom is -0.375 e. The van der Waals surface area contributed by atoms with Crippen molar-refractivity contribution in [3.8, 4) is 11.3 Å². The number of benzene rings is 1. The summed E-state index contributed by atoms with van der Waals surface area (Å²) in [6.07, 6.45) is 2.98. The Balaban J connectivity index is 1.77. The second-order valence-electron chi connectivity index (χ2n) is 8.92. The molecule has 1 aromatic carbocycles. The average Bonchev–Trinajstić information content (AvgIpc) is 3.14. The van der Waals surface area contributed by atoms with Crippen molar-refractivity contribution in [3.63, 3.8) is 0 Å². The van der Waals surface area contributed by atoms with Crippen LogP contribution in [0.2, 0.25) is 10.0 Å². The number of piperazine rings is 1. The van der Waals surface area contributed by atoms with E-state index in [2.05, 4.69) is 4.90 Å². The zero-order chi connectivity index (χ0) is 26.2. The van der Waals surface area contributed by atoms with Crippen molar-refractivity contribution < 1.29 is 17.9 Å². The molecule has 0 unspecified atom stereocenters. The van der Waals surface area contributed by atoms with Crippen LogP contribution in [0.3, 0.4) is 0 Å². The molecule has 1 aliphatic rings. The first-order chi connectivity index (χ1) is 17.0. The van der Waals surface area contributed by atoms with Crippen LogP contribution in [0.15, 0.2) is 30.5 Å². The maximum absolute atomic E-state index is 12.3. The van der Waals surface area contributed by atoms with Gasteiger partial charge in [0.25, 0.3) is 0 Å². The summed E-state index contributed by atoms with van der Waals surface area (Å²) in [5, 5.41) is 1.01. The highest BCUT2D eigenvalue weighted by molar-refractivity contribution is 7.92. The van der Waals surface area contributed by atoms with Crippen molar-refractivity contribution in [1.82, 2.24) is 19.2 Å². The molecule has 194 valence electrons. The number of fused-ring (bicyclic) bond motifs is 1. The zero-order valence-corrected chi connectivity index (χ0v) is 23.0. The molecule has 0 saturated carbocycles. The number of aryl methyl sites for hydroxylation is 1. The monoisotopic (exact) mass is 553 g/mol. The van der Waals surface area contributed by atoms with Crippen molar-refractivity contribution in [2.45, 2.75) is 13.5 Å². The third-order valence-corrected chi connectivity index (χ3v) is 8.17. The number of anilines is 1. The number of pyridine rings is 1. The van der Waals surface area contributed by atoms with Crippen molar-refractivity contribution in [1.29, 1.82) is 0 Å². The van der Waals surface area contributed by atoms with Crippen LogP contribution in [-0.4, -0.2) is 86.7 Å². The molecule has 1 aliphatic heterocycles. The van der Waals surface area contributed by atoms with Crippen LogP contribution in [0.5, 0.6) is 0 Å². The molecule has 0 bridgehead atoms. The van der Waals surface area contributed by atoms with E-state index in [0.29, 0.717) is 59.8 Å². The third kappa shape index (κ3) is 5.47. The highest BCUT2D eigenvalue weighted by Crippen LogP contribution is 2.35. The van der Waals surface area contributed by atoms with Gasteiger partial charge < -0.3 is 9.64 Å². The Morgan fingerprint density at radius 3 is 2.47 bits per heavy atom. The molecule has 4 rings (SSSR count). The van der Waals surface area contributed by atoms with Crippen LogP contribution < -0.4 is 4.31 Å². The number of hydrogen-bond acceptors (Lipinski definition) is 6. The fourth-order valence-electron chi connectivity index (χ4n) is 4.36. The number of rotatable bonds is 7. The van der Waals surface area contributed by atoms with Crippen LogP contribution in [0.25, 0.3) is 16.9 Å². The molecule has 1 saturated heterocycles. The number of carbonyl (C=O) groups is 1. The largest absolute Gasteiger partial charge is 0.375 e. The highest BCUT2D eigenvalue weighted by Gasteiger charge is 2.25. The number of nitrogens with zero attached hydrogens (tertiary/aromatic N) is 5. The minimum absolute atomic E-state index is 0.0236. The molecular weight excluding hydrogens is 525 g/mol. The van der Waals surface area contributed by atoms with E-state index in [1.54, 1.807) is 23.2 Å². The van der Waals surface area contributed by atoms with Crippen LogP contribution in [-0.2, 0) is 26.1 Å². The lowest BCUT2D eigenvalue weighted by molar-refractivity contribution is -0.136. The highest BCUT2D eigenvalue weighted by atomic mass is 35.5. The number of halogens is 2. The van der Waals surface area contributed by atoms with E-state index in [9.17, 15) is 13.2 Å². The number of imidazole rings is 1. The van der Waals surface area contributed by atoms with E-state index in [1.165, 1.54) is 24.7 Å². The number of aromatic nitrogens is 2. The summed E-state index contributed by atoms with van der Waals surface area (Å²) < 4.78 is 32.7. The van der Waals surface area contributed by atoms with Gasteiger partial charge in [0, 0.05) is 63.7 Å². The number of hydrogen-bond donors (Lipinski definition) is 0.